The number of nitrogens with zero attached hydrogens (tertiary/aromatic N) is 5. The Labute approximate surface area is 165 Å². The van der Waals surface area contributed by atoms with Gasteiger partial charge in [-0.2, -0.15) is 0 Å². The van der Waals surface area contributed by atoms with E-state index < -0.39 is 16.6 Å². The quantitative estimate of drug-likeness (QED) is 0.369. The lowest BCUT2D eigenvalue weighted by Crippen LogP contribution is -2.27. The molecular formula is C20H17N5O4. The molecule has 0 aliphatic heterocycles. The van der Waals surface area contributed by atoms with Crippen LogP contribution in [0.15, 0.2) is 48.9 Å². The first kappa shape index (κ1) is 18.5. The highest BCUT2D eigenvalue weighted by atomic mass is 16.6. The number of ether oxygens (including phenoxy) is 1. The number of fused-ring (bicyclic) bond motifs is 3. The maximum atomic E-state index is 12.9. The van der Waals surface area contributed by atoms with Crippen molar-refractivity contribution in [2.75, 3.05) is 0 Å². The summed E-state index contributed by atoms with van der Waals surface area (Å²) in [5, 5.41) is 12.3. The zero-order chi connectivity index (χ0) is 20.8. The summed E-state index contributed by atoms with van der Waals surface area (Å²) >= 11 is 0. The van der Waals surface area contributed by atoms with Crippen molar-refractivity contribution in [3.05, 3.63) is 59.0 Å². The lowest BCUT2D eigenvalue weighted by molar-refractivity contribution is -0.389. The van der Waals surface area contributed by atoms with Crippen molar-refractivity contribution in [2.45, 2.75) is 26.4 Å². The third-order valence-electron chi connectivity index (χ3n) is 4.22. The van der Waals surface area contributed by atoms with Crippen molar-refractivity contribution in [3.63, 3.8) is 0 Å². The first-order valence-electron chi connectivity index (χ1n) is 8.84. The molecule has 0 bridgehead atoms. The summed E-state index contributed by atoms with van der Waals surface area (Å²) in [6, 6.07) is 8.23. The predicted molar refractivity (Wildman–Crippen MR) is 107 cm³/mol. The van der Waals surface area contributed by atoms with E-state index in [0.717, 1.165) is 10.8 Å². The molecule has 0 saturated carbocycles. The maximum absolute atomic E-state index is 12.9. The van der Waals surface area contributed by atoms with Crippen LogP contribution in [0.5, 0.6) is 0 Å². The van der Waals surface area contributed by atoms with Crippen LogP contribution in [0.25, 0.3) is 33.2 Å². The monoisotopic (exact) mass is 391 g/mol. The summed E-state index contributed by atoms with van der Waals surface area (Å²) in [4.78, 5) is 35.8. The van der Waals surface area contributed by atoms with Gasteiger partial charge < -0.3 is 14.9 Å². The molecular weight excluding hydrogens is 374 g/mol. The molecule has 0 fully saturated rings. The summed E-state index contributed by atoms with van der Waals surface area (Å²) in [5.74, 6) is -0.247. The molecule has 0 unspecified atom stereocenters. The van der Waals surface area contributed by atoms with Gasteiger partial charge in [-0.1, -0.05) is 0 Å². The van der Waals surface area contributed by atoms with Crippen LogP contribution in [0.1, 0.15) is 20.8 Å². The average molecular weight is 391 g/mol. The van der Waals surface area contributed by atoms with Crippen molar-refractivity contribution in [1.29, 1.82) is 0 Å². The molecule has 4 aromatic rings. The van der Waals surface area contributed by atoms with E-state index in [2.05, 4.69) is 15.0 Å². The molecule has 4 heterocycles. The highest BCUT2D eigenvalue weighted by Crippen LogP contribution is 2.30. The Morgan fingerprint density at radius 2 is 1.90 bits per heavy atom. The van der Waals surface area contributed by atoms with E-state index in [-0.39, 0.29) is 5.82 Å². The molecule has 0 aliphatic rings. The fourth-order valence-electron chi connectivity index (χ4n) is 3.03. The largest absolute Gasteiger partial charge is 0.443 e. The SMILES string of the molecule is CC(C)(C)OC(=O)n1c2ccncc2c2ccc(-c3ccc([N+](=O)[O-])nc3)nc21. The summed E-state index contributed by atoms with van der Waals surface area (Å²) in [5.41, 5.74) is 1.50. The lowest BCUT2D eigenvalue weighted by Gasteiger charge is -2.20. The normalized spacial score (nSPS) is 11.7. The Balaban J connectivity index is 1.91. The molecule has 0 N–H and O–H groups in total. The molecule has 0 saturated heterocycles. The zero-order valence-electron chi connectivity index (χ0n) is 16.0. The Bertz CT molecular complexity index is 1260. The molecule has 146 valence electrons. The number of rotatable bonds is 2. The van der Waals surface area contributed by atoms with Gasteiger partial charge in [0.2, 0.25) is 0 Å². The highest BCUT2D eigenvalue weighted by Gasteiger charge is 2.23. The predicted octanol–water partition coefficient (Wildman–Crippen LogP) is 4.34. The van der Waals surface area contributed by atoms with Gasteiger partial charge in [0.15, 0.2) is 5.65 Å². The Morgan fingerprint density at radius 3 is 2.55 bits per heavy atom. The van der Waals surface area contributed by atoms with Gasteiger partial charge in [0.05, 0.1) is 11.2 Å². The van der Waals surface area contributed by atoms with Crippen LogP contribution >= 0.6 is 0 Å². The summed E-state index contributed by atoms with van der Waals surface area (Å²) in [6.45, 7) is 5.38. The van der Waals surface area contributed by atoms with Gasteiger partial charge in [-0.3, -0.25) is 4.98 Å². The maximum Gasteiger partial charge on any atom is 0.420 e. The van der Waals surface area contributed by atoms with Crippen molar-refractivity contribution >= 4 is 33.8 Å². The number of nitro groups is 1. The van der Waals surface area contributed by atoms with Crippen molar-refractivity contribution < 1.29 is 14.5 Å². The molecule has 0 aromatic carbocycles. The van der Waals surface area contributed by atoms with E-state index in [9.17, 15) is 14.9 Å². The van der Waals surface area contributed by atoms with Gasteiger partial charge in [0.25, 0.3) is 0 Å². The summed E-state index contributed by atoms with van der Waals surface area (Å²) in [6.07, 6.45) is 4.11. The van der Waals surface area contributed by atoms with E-state index in [4.69, 9.17) is 4.74 Å². The molecule has 9 heteroatoms. The van der Waals surface area contributed by atoms with Crippen molar-refractivity contribution in [1.82, 2.24) is 19.5 Å². The Hall–Kier alpha value is -3.88. The van der Waals surface area contributed by atoms with Crippen LogP contribution in [0.3, 0.4) is 0 Å². The van der Waals surface area contributed by atoms with Gasteiger partial charge in [0, 0.05) is 34.8 Å². The molecule has 0 atom stereocenters. The lowest BCUT2D eigenvalue weighted by atomic mass is 10.1. The molecule has 4 rings (SSSR count). The number of carbonyl (C=O) groups excluding carboxylic acids is 1. The fourth-order valence-corrected chi connectivity index (χ4v) is 3.03. The van der Waals surface area contributed by atoms with Gasteiger partial charge >= 0.3 is 11.9 Å². The average Bonchev–Trinajstić information content (AvgIpc) is 3.00. The van der Waals surface area contributed by atoms with Gasteiger partial charge in [0.1, 0.15) is 11.8 Å². The van der Waals surface area contributed by atoms with E-state index in [1.54, 1.807) is 51.4 Å². The number of aromatic nitrogens is 4. The highest BCUT2D eigenvalue weighted by molar-refractivity contribution is 6.11. The first-order valence-corrected chi connectivity index (χ1v) is 8.84. The summed E-state index contributed by atoms with van der Waals surface area (Å²) < 4.78 is 6.98. The van der Waals surface area contributed by atoms with E-state index >= 15 is 0 Å². The van der Waals surface area contributed by atoms with Crippen LogP contribution in [-0.2, 0) is 4.74 Å². The van der Waals surface area contributed by atoms with Crippen LogP contribution in [-0.4, -0.2) is 36.1 Å². The molecule has 0 amide bonds. The van der Waals surface area contributed by atoms with Crippen LogP contribution in [0.2, 0.25) is 0 Å². The standard InChI is InChI=1S/C20H17N5O4/c1-20(2,3)29-19(26)24-16-8-9-21-11-14(16)13-5-6-15(23-18(13)24)12-4-7-17(22-10-12)25(27)28/h4-11H,1-3H3. The van der Waals surface area contributed by atoms with Crippen molar-refractivity contribution in [2.24, 2.45) is 0 Å². The van der Waals surface area contributed by atoms with E-state index in [1.165, 1.54) is 16.8 Å². The first-order chi connectivity index (χ1) is 13.7. The second-order valence-corrected chi connectivity index (χ2v) is 7.44. The third-order valence-corrected chi connectivity index (χ3v) is 4.22. The van der Waals surface area contributed by atoms with Crippen LogP contribution in [0.4, 0.5) is 10.6 Å². The Kier molecular flexibility index (Phi) is 4.22. The molecule has 0 radical (unpaired) electrons. The summed E-state index contributed by atoms with van der Waals surface area (Å²) in [7, 11) is 0. The van der Waals surface area contributed by atoms with Gasteiger partial charge in [-0.25, -0.2) is 14.3 Å². The molecule has 0 aliphatic carbocycles. The molecule has 0 spiro atoms. The van der Waals surface area contributed by atoms with Crippen LogP contribution < -0.4 is 0 Å². The topological polar surface area (TPSA) is 113 Å². The molecule has 4 aromatic heterocycles. The zero-order valence-corrected chi connectivity index (χ0v) is 16.0. The number of hydrogen-bond acceptors (Lipinski definition) is 7. The molecule has 29 heavy (non-hydrogen) atoms. The van der Waals surface area contributed by atoms with Gasteiger partial charge in [-0.15, -0.1) is 0 Å². The van der Waals surface area contributed by atoms with Gasteiger partial charge in [-0.05, 0) is 54.9 Å². The fraction of sp³-hybridized carbons (Fsp3) is 0.200. The van der Waals surface area contributed by atoms with Crippen LogP contribution in [0, 0.1) is 10.1 Å². The number of pyridine rings is 3. The number of carbonyl (C=O) groups is 1. The second-order valence-electron chi connectivity index (χ2n) is 7.44. The van der Waals surface area contributed by atoms with E-state index in [1.807, 2.05) is 6.07 Å². The minimum absolute atomic E-state index is 0.247. The van der Waals surface area contributed by atoms with E-state index in [0.29, 0.717) is 22.4 Å². The third kappa shape index (κ3) is 3.38. The minimum atomic E-state index is -0.674. The van der Waals surface area contributed by atoms with Crippen molar-refractivity contribution in [3.8, 4) is 11.3 Å². The second kappa shape index (κ2) is 6.62. The molecule has 9 nitrogen and oxygen atoms in total. The Morgan fingerprint density at radius 1 is 1.10 bits per heavy atom. The number of hydrogen-bond donors (Lipinski definition) is 0. The minimum Gasteiger partial charge on any atom is -0.443 e. The smallest absolute Gasteiger partial charge is 0.420 e.